The van der Waals surface area contributed by atoms with Gasteiger partial charge < -0.3 is 15.2 Å². The molecule has 1 fully saturated rings. The van der Waals surface area contributed by atoms with Crippen LogP contribution >= 0.6 is 0 Å². The molecule has 1 aliphatic heterocycles. The molecule has 1 aromatic rings. The molecule has 0 aliphatic carbocycles. The fourth-order valence-corrected chi connectivity index (χ4v) is 2.77. The minimum atomic E-state index is -0.513. The van der Waals surface area contributed by atoms with Crippen molar-refractivity contribution in [3.05, 3.63) is 35.4 Å². The van der Waals surface area contributed by atoms with E-state index >= 15 is 0 Å². The summed E-state index contributed by atoms with van der Waals surface area (Å²) in [6.45, 7) is 9.15. The first-order chi connectivity index (χ1) is 10.8. The van der Waals surface area contributed by atoms with E-state index < -0.39 is 5.60 Å². The van der Waals surface area contributed by atoms with Gasteiger partial charge in [-0.25, -0.2) is 4.79 Å². The first kappa shape index (κ1) is 17.8. The van der Waals surface area contributed by atoms with Crippen LogP contribution in [0.1, 0.15) is 31.9 Å². The van der Waals surface area contributed by atoms with Crippen LogP contribution in [0, 0.1) is 6.92 Å². The van der Waals surface area contributed by atoms with Gasteiger partial charge in [-0.2, -0.15) is 0 Å². The molecule has 1 amide bonds. The van der Waals surface area contributed by atoms with Crippen molar-refractivity contribution in [1.82, 2.24) is 4.90 Å². The zero-order chi connectivity index (χ0) is 17.0. The van der Waals surface area contributed by atoms with E-state index in [0.29, 0.717) is 26.2 Å². The highest BCUT2D eigenvalue weighted by Crippen LogP contribution is 2.18. The number of carbonyl (C=O) groups excluding carboxylic acids is 1. The Kier molecular flexibility index (Phi) is 5.65. The monoisotopic (exact) mass is 320 g/mol. The summed E-state index contributed by atoms with van der Waals surface area (Å²) < 4.78 is 11.0. The first-order valence-electron chi connectivity index (χ1n) is 8.15. The predicted octanol–water partition coefficient (Wildman–Crippen LogP) is 2.50. The van der Waals surface area contributed by atoms with Crippen molar-refractivity contribution in [3.63, 3.8) is 0 Å². The molecule has 2 atom stereocenters. The maximum atomic E-state index is 12.4. The summed E-state index contributed by atoms with van der Waals surface area (Å²) in [5, 5.41) is 0. The molecule has 0 radical (unpaired) electrons. The number of hydrogen-bond acceptors (Lipinski definition) is 4. The molecule has 2 unspecified atom stereocenters. The Hall–Kier alpha value is -1.59. The topological polar surface area (TPSA) is 64.8 Å². The molecule has 0 aromatic heterocycles. The van der Waals surface area contributed by atoms with Gasteiger partial charge >= 0.3 is 6.09 Å². The van der Waals surface area contributed by atoms with Gasteiger partial charge in [0.25, 0.3) is 0 Å². The molecule has 1 aliphatic rings. The molecule has 5 nitrogen and oxygen atoms in total. The van der Waals surface area contributed by atoms with Crippen molar-refractivity contribution in [2.24, 2.45) is 5.73 Å². The second-order valence-electron chi connectivity index (χ2n) is 7.17. The van der Waals surface area contributed by atoms with Crippen molar-refractivity contribution in [2.45, 2.75) is 51.8 Å². The van der Waals surface area contributed by atoms with Gasteiger partial charge in [0.05, 0.1) is 19.3 Å². The third-order valence-corrected chi connectivity index (χ3v) is 3.84. The number of aryl methyl sites for hydroxylation is 1. The lowest BCUT2D eigenvalue weighted by atomic mass is 9.98. The van der Waals surface area contributed by atoms with Gasteiger partial charge in [-0.3, -0.25) is 4.90 Å². The number of nitrogens with zero attached hydrogens (tertiary/aromatic N) is 1. The van der Waals surface area contributed by atoms with Crippen molar-refractivity contribution in [1.29, 1.82) is 0 Å². The Morgan fingerprint density at radius 3 is 2.87 bits per heavy atom. The van der Waals surface area contributed by atoms with Crippen LogP contribution < -0.4 is 5.73 Å². The predicted molar refractivity (Wildman–Crippen MR) is 90.4 cm³/mol. The van der Waals surface area contributed by atoms with Crippen molar-refractivity contribution < 1.29 is 14.3 Å². The van der Waals surface area contributed by atoms with Crippen LogP contribution in [0.2, 0.25) is 0 Å². The smallest absolute Gasteiger partial charge is 0.410 e. The number of hydrogen-bond donors (Lipinski definition) is 1. The second kappa shape index (κ2) is 7.32. The van der Waals surface area contributed by atoms with Gasteiger partial charge in [0, 0.05) is 12.6 Å². The van der Waals surface area contributed by atoms with Gasteiger partial charge in [-0.15, -0.1) is 0 Å². The van der Waals surface area contributed by atoms with E-state index in [9.17, 15) is 4.79 Å². The largest absolute Gasteiger partial charge is 0.444 e. The van der Waals surface area contributed by atoms with E-state index in [0.717, 1.165) is 0 Å². The van der Waals surface area contributed by atoms with Crippen LogP contribution in [-0.2, 0) is 15.9 Å². The molecule has 0 spiro atoms. The normalized spacial score (nSPS) is 20.2. The molecule has 23 heavy (non-hydrogen) atoms. The molecule has 2 rings (SSSR count). The van der Waals surface area contributed by atoms with E-state index in [4.69, 9.17) is 15.2 Å². The van der Waals surface area contributed by atoms with E-state index in [-0.39, 0.29) is 18.2 Å². The Bertz CT molecular complexity index is 539. The third kappa shape index (κ3) is 5.22. The zero-order valence-corrected chi connectivity index (χ0v) is 14.5. The molecule has 1 heterocycles. The second-order valence-corrected chi connectivity index (χ2v) is 7.17. The maximum Gasteiger partial charge on any atom is 0.410 e. The molecule has 0 bridgehead atoms. The third-order valence-electron chi connectivity index (χ3n) is 3.84. The van der Waals surface area contributed by atoms with Crippen LogP contribution in [0.3, 0.4) is 0 Å². The lowest BCUT2D eigenvalue weighted by Crippen LogP contribution is -2.58. The summed E-state index contributed by atoms with van der Waals surface area (Å²) in [5.41, 5.74) is 8.26. The van der Waals surface area contributed by atoms with Gasteiger partial charge in [0.2, 0.25) is 0 Å². The van der Waals surface area contributed by atoms with Gasteiger partial charge in [0.1, 0.15) is 5.60 Å². The maximum absolute atomic E-state index is 12.4. The highest BCUT2D eigenvalue weighted by molar-refractivity contribution is 5.68. The summed E-state index contributed by atoms with van der Waals surface area (Å²) in [4.78, 5) is 14.1. The van der Waals surface area contributed by atoms with Gasteiger partial charge in [-0.05, 0) is 39.7 Å². The number of nitrogens with two attached hydrogens (primary N) is 1. The standard InChI is InChI=1S/C18H28N2O3/c1-13-6-5-7-14(10-13)11-15(19)16-12-22-9-8-20(16)17(21)23-18(2,3)4/h5-7,10,15-16H,8-9,11-12,19H2,1-4H3. The highest BCUT2D eigenvalue weighted by atomic mass is 16.6. The van der Waals surface area contributed by atoms with E-state index in [1.807, 2.05) is 26.8 Å². The lowest BCUT2D eigenvalue weighted by Gasteiger charge is -2.39. The number of ether oxygens (including phenoxy) is 2. The van der Waals surface area contributed by atoms with E-state index in [2.05, 4.69) is 25.1 Å². The summed E-state index contributed by atoms with van der Waals surface area (Å²) in [7, 11) is 0. The fourth-order valence-electron chi connectivity index (χ4n) is 2.77. The van der Waals surface area contributed by atoms with Crippen molar-refractivity contribution in [2.75, 3.05) is 19.8 Å². The van der Waals surface area contributed by atoms with Crippen LogP contribution in [0.5, 0.6) is 0 Å². The summed E-state index contributed by atoms with van der Waals surface area (Å²) in [6.07, 6.45) is 0.389. The quantitative estimate of drug-likeness (QED) is 0.929. The van der Waals surface area contributed by atoms with E-state index in [1.165, 1.54) is 11.1 Å². The minimum absolute atomic E-state index is 0.167. The van der Waals surface area contributed by atoms with Crippen LogP contribution in [-0.4, -0.2) is 48.4 Å². The first-order valence-corrected chi connectivity index (χ1v) is 8.15. The average Bonchev–Trinajstić information content (AvgIpc) is 2.45. The fraction of sp³-hybridized carbons (Fsp3) is 0.611. The summed E-state index contributed by atoms with van der Waals surface area (Å²) in [6, 6.07) is 7.92. The van der Waals surface area contributed by atoms with E-state index in [1.54, 1.807) is 4.90 Å². The Labute approximate surface area is 138 Å². The zero-order valence-electron chi connectivity index (χ0n) is 14.5. The molecule has 1 saturated heterocycles. The Balaban J connectivity index is 2.06. The van der Waals surface area contributed by atoms with Crippen molar-refractivity contribution >= 4 is 6.09 Å². The number of rotatable bonds is 3. The molecule has 1 aromatic carbocycles. The minimum Gasteiger partial charge on any atom is -0.444 e. The van der Waals surface area contributed by atoms with Crippen LogP contribution in [0.25, 0.3) is 0 Å². The van der Waals surface area contributed by atoms with Crippen molar-refractivity contribution in [3.8, 4) is 0 Å². The molecule has 2 N–H and O–H groups in total. The average molecular weight is 320 g/mol. The number of morpholine rings is 1. The molecule has 5 heteroatoms. The summed E-state index contributed by atoms with van der Waals surface area (Å²) in [5.74, 6) is 0. The van der Waals surface area contributed by atoms with Crippen LogP contribution in [0.4, 0.5) is 4.79 Å². The molecular weight excluding hydrogens is 292 g/mol. The molecule has 128 valence electrons. The lowest BCUT2D eigenvalue weighted by molar-refractivity contribution is -0.0378. The Morgan fingerprint density at radius 2 is 2.22 bits per heavy atom. The SMILES string of the molecule is Cc1cccc(CC(N)C2COCCN2C(=O)OC(C)(C)C)c1. The number of benzene rings is 1. The Morgan fingerprint density at radius 1 is 1.48 bits per heavy atom. The molecule has 0 saturated carbocycles. The van der Waals surface area contributed by atoms with Gasteiger partial charge in [-0.1, -0.05) is 29.8 Å². The number of carbonyl (C=O) groups is 1. The van der Waals surface area contributed by atoms with Crippen LogP contribution in [0.15, 0.2) is 24.3 Å². The summed E-state index contributed by atoms with van der Waals surface area (Å²) >= 11 is 0. The highest BCUT2D eigenvalue weighted by Gasteiger charge is 2.34. The molecular formula is C18H28N2O3. The number of amides is 1. The van der Waals surface area contributed by atoms with Gasteiger partial charge in [0.15, 0.2) is 0 Å².